The summed E-state index contributed by atoms with van der Waals surface area (Å²) < 4.78 is 1.78. The van der Waals surface area contributed by atoms with Gasteiger partial charge in [-0.1, -0.05) is 0 Å². The molecule has 5 nitrogen and oxygen atoms in total. The lowest BCUT2D eigenvalue weighted by molar-refractivity contribution is -0.131. The molecule has 0 radical (unpaired) electrons. The molecule has 2 unspecified atom stereocenters. The number of carbonyl (C=O) groups is 1. The summed E-state index contributed by atoms with van der Waals surface area (Å²) in [6.45, 7) is 2.59. The van der Waals surface area contributed by atoms with Crippen LogP contribution in [0.5, 0.6) is 0 Å². The minimum Gasteiger partial charge on any atom is -0.336 e. The van der Waals surface area contributed by atoms with Crippen LogP contribution in [0.3, 0.4) is 0 Å². The van der Waals surface area contributed by atoms with Gasteiger partial charge in [0, 0.05) is 37.9 Å². The SMILES string of the molecule is Cn1cc(CN2CC3NCCCC3C2=O)cn1. The van der Waals surface area contributed by atoms with E-state index in [0.717, 1.165) is 31.5 Å². The maximum absolute atomic E-state index is 12.2. The smallest absolute Gasteiger partial charge is 0.227 e. The van der Waals surface area contributed by atoms with E-state index in [-0.39, 0.29) is 5.92 Å². The standard InChI is InChI=1S/C12H18N4O/c1-15-6-9(5-14-15)7-16-8-11-10(12(16)17)3-2-4-13-11/h5-6,10-11,13H,2-4,7-8H2,1H3. The second-order valence-corrected chi connectivity index (χ2v) is 5.05. The van der Waals surface area contributed by atoms with Crippen LogP contribution in [0.25, 0.3) is 0 Å². The maximum Gasteiger partial charge on any atom is 0.227 e. The Morgan fingerprint density at radius 1 is 1.59 bits per heavy atom. The predicted molar refractivity (Wildman–Crippen MR) is 63.1 cm³/mol. The third kappa shape index (κ3) is 1.95. The molecule has 5 heteroatoms. The largest absolute Gasteiger partial charge is 0.336 e. The van der Waals surface area contributed by atoms with Gasteiger partial charge in [-0.05, 0) is 19.4 Å². The molecule has 2 atom stereocenters. The molecule has 1 aromatic rings. The lowest BCUT2D eigenvalue weighted by Crippen LogP contribution is -2.41. The first-order chi connectivity index (χ1) is 8.24. The van der Waals surface area contributed by atoms with E-state index in [0.29, 0.717) is 18.5 Å². The van der Waals surface area contributed by atoms with Crippen molar-refractivity contribution in [1.82, 2.24) is 20.0 Å². The minimum absolute atomic E-state index is 0.209. The summed E-state index contributed by atoms with van der Waals surface area (Å²) in [5.41, 5.74) is 1.11. The van der Waals surface area contributed by atoms with Gasteiger partial charge in [0.2, 0.25) is 5.91 Å². The fourth-order valence-corrected chi connectivity index (χ4v) is 2.92. The number of amides is 1. The second kappa shape index (κ2) is 4.14. The van der Waals surface area contributed by atoms with E-state index >= 15 is 0 Å². The number of nitrogens with zero attached hydrogens (tertiary/aromatic N) is 3. The Bertz CT molecular complexity index is 428. The fraction of sp³-hybridized carbons (Fsp3) is 0.667. The molecule has 2 aliphatic heterocycles. The molecule has 3 rings (SSSR count). The zero-order valence-electron chi connectivity index (χ0n) is 10.1. The van der Waals surface area contributed by atoms with Crippen molar-refractivity contribution >= 4 is 5.91 Å². The van der Waals surface area contributed by atoms with E-state index < -0.39 is 0 Å². The predicted octanol–water partition coefficient (Wildman–Crippen LogP) is 0.130. The third-order valence-electron chi connectivity index (χ3n) is 3.76. The number of hydrogen-bond acceptors (Lipinski definition) is 3. The highest BCUT2D eigenvalue weighted by Crippen LogP contribution is 2.27. The van der Waals surface area contributed by atoms with E-state index in [1.54, 1.807) is 4.68 Å². The first-order valence-electron chi connectivity index (χ1n) is 6.24. The monoisotopic (exact) mass is 234 g/mol. The topological polar surface area (TPSA) is 50.2 Å². The fourth-order valence-electron chi connectivity index (χ4n) is 2.92. The molecule has 0 aromatic carbocycles. The van der Waals surface area contributed by atoms with Gasteiger partial charge in [0.05, 0.1) is 12.1 Å². The maximum atomic E-state index is 12.2. The van der Waals surface area contributed by atoms with Crippen molar-refractivity contribution in [2.24, 2.45) is 13.0 Å². The molecule has 1 aromatic heterocycles. The molecule has 0 spiro atoms. The van der Waals surface area contributed by atoms with Crippen molar-refractivity contribution < 1.29 is 4.79 Å². The number of aryl methyl sites for hydroxylation is 1. The van der Waals surface area contributed by atoms with Crippen LogP contribution in [0.15, 0.2) is 12.4 Å². The third-order valence-corrected chi connectivity index (χ3v) is 3.76. The summed E-state index contributed by atoms with van der Waals surface area (Å²) >= 11 is 0. The van der Waals surface area contributed by atoms with E-state index in [2.05, 4.69) is 10.4 Å². The van der Waals surface area contributed by atoms with Gasteiger partial charge < -0.3 is 10.2 Å². The number of fused-ring (bicyclic) bond motifs is 1. The normalized spacial score (nSPS) is 28.5. The van der Waals surface area contributed by atoms with Gasteiger partial charge in [0.25, 0.3) is 0 Å². The van der Waals surface area contributed by atoms with Crippen molar-refractivity contribution in [2.75, 3.05) is 13.1 Å². The van der Waals surface area contributed by atoms with E-state index in [1.807, 2.05) is 24.3 Å². The van der Waals surface area contributed by atoms with Crippen LogP contribution in [0, 0.1) is 5.92 Å². The van der Waals surface area contributed by atoms with Gasteiger partial charge in [-0.3, -0.25) is 9.48 Å². The molecular weight excluding hydrogens is 216 g/mol. The number of hydrogen-bond donors (Lipinski definition) is 1. The van der Waals surface area contributed by atoms with Crippen LogP contribution >= 0.6 is 0 Å². The van der Waals surface area contributed by atoms with Gasteiger partial charge in [-0.25, -0.2) is 0 Å². The molecule has 0 aliphatic carbocycles. The summed E-state index contributed by atoms with van der Waals surface area (Å²) in [5, 5.41) is 7.59. The van der Waals surface area contributed by atoms with E-state index in [9.17, 15) is 4.79 Å². The summed E-state index contributed by atoms with van der Waals surface area (Å²) in [5.74, 6) is 0.520. The van der Waals surface area contributed by atoms with Crippen LogP contribution in [0.2, 0.25) is 0 Å². The van der Waals surface area contributed by atoms with Crippen LogP contribution < -0.4 is 5.32 Å². The number of rotatable bonds is 2. The quantitative estimate of drug-likeness (QED) is 0.791. The molecule has 3 heterocycles. The first-order valence-corrected chi connectivity index (χ1v) is 6.24. The summed E-state index contributed by atoms with van der Waals surface area (Å²) in [6, 6.07) is 0.368. The Labute approximate surface area is 101 Å². The van der Waals surface area contributed by atoms with Crippen molar-refractivity contribution in [2.45, 2.75) is 25.4 Å². The van der Waals surface area contributed by atoms with E-state index in [1.165, 1.54) is 0 Å². The Hall–Kier alpha value is -1.36. The van der Waals surface area contributed by atoms with Gasteiger partial charge in [-0.15, -0.1) is 0 Å². The Kier molecular flexibility index (Phi) is 2.63. The van der Waals surface area contributed by atoms with Gasteiger partial charge in [0.1, 0.15) is 0 Å². The van der Waals surface area contributed by atoms with Gasteiger partial charge in [-0.2, -0.15) is 5.10 Å². The van der Waals surface area contributed by atoms with Crippen LogP contribution in [-0.2, 0) is 18.4 Å². The molecule has 17 heavy (non-hydrogen) atoms. The summed E-state index contributed by atoms with van der Waals surface area (Å²) in [4.78, 5) is 14.2. The molecule has 2 saturated heterocycles. The zero-order valence-corrected chi connectivity index (χ0v) is 10.1. The highest BCUT2D eigenvalue weighted by molar-refractivity contribution is 5.82. The molecule has 0 saturated carbocycles. The summed E-state index contributed by atoms with van der Waals surface area (Å²) in [6.07, 6.45) is 5.97. The molecule has 2 fully saturated rings. The van der Waals surface area contributed by atoms with Crippen LogP contribution in [0.4, 0.5) is 0 Å². The van der Waals surface area contributed by atoms with Gasteiger partial charge in [0.15, 0.2) is 0 Å². The lowest BCUT2D eigenvalue weighted by atomic mass is 9.94. The van der Waals surface area contributed by atoms with Crippen molar-refractivity contribution in [3.05, 3.63) is 18.0 Å². The number of carbonyl (C=O) groups excluding carboxylic acids is 1. The average Bonchev–Trinajstić information content (AvgIpc) is 2.86. The highest BCUT2D eigenvalue weighted by Gasteiger charge is 2.41. The van der Waals surface area contributed by atoms with Crippen LogP contribution in [-0.4, -0.2) is 39.7 Å². The summed E-state index contributed by atoms with van der Waals surface area (Å²) in [7, 11) is 1.90. The molecule has 2 aliphatic rings. The molecule has 1 N–H and O–H groups in total. The average molecular weight is 234 g/mol. The number of likely N-dealkylation sites (tertiary alicyclic amines) is 1. The lowest BCUT2D eigenvalue weighted by Gasteiger charge is -2.23. The van der Waals surface area contributed by atoms with Crippen molar-refractivity contribution in [3.8, 4) is 0 Å². The van der Waals surface area contributed by atoms with E-state index in [4.69, 9.17) is 0 Å². The molecule has 1 amide bonds. The Morgan fingerprint density at radius 3 is 3.18 bits per heavy atom. The van der Waals surface area contributed by atoms with Gasteiger partial charge >= 0.3 is 0 Å². The minimum atomic E-state index is 0.209. The number of nitrogens with one attached hydrogen (secondary N) is 1. The molecule has 92 valence electrons. The zero-order chi connectivity index (χ0) is 11.8. The molecule has 0 bridgehead atoms. The molecular formula is C12H18N4O. The second-order valence-electron chi connectivity index (χ2n) is 5.05. The first kappa shape index (κ1) is 10.8. The Morgan fingerprint density at radius 2 is 2.47 bits per heavy atom. The highest BCUT2D eigenvalue weighted by atomic mass is 16.2. The number of aromatic nitrogens is 2. The Balaban J connectivity index is 1.70. The van der Waals surface area contributed by atoms with Crippen molar-refractivity contribution in [1.29, 1.82) is 0 Å². The number of piperidine rings is 1. The van der Waals surface area contributed by atoms with Crippen molar-refractivity contribution in [3.63, 3.8) is 0 Å². The van der Waals surface area contributed by atoms with Crippen LogP contribution in [0.1, 0.15) is 18.4 Å².